The van der Waals surface area contributed by atoms with Gasteiger partial charge in [0.05, 0.1) is 35.0 Å². The number of aliphatic hydroxyl groups excluding tert-OH is 1. The maximum Gasteiger partial charge on any atom is 0.420 e. The Labute approximate surface area is 218 Å². The van der Waals surface area contributed by atoms with Crippen LogP contribution in [0.15, 0.2) is 47.6 Å². The first-order valence-electron chi connectivity index (χ1n) is 11.6. The van der Waals surface area contributed by atoms with Crippen molar-refractivity contribution >= 4 is 15.7 Å². The summed E-state index contributed by atoms with van der Waals surface area (Å²) < 4.78 is 71.7. The molecule has 3 rings (SSSR count). The van der Waals surface area contributed by atoms with E-state index in [1.54, 1.807) is 20.8 Å². The second-order valence-electron chi connectivity index (χ2n) is 9.51. The van der Waals surface area contributed by atoms with Crippen LogP contribution in [0.3, 0.4) is 0 Å². The maximum atomic E-state index is 13.5. The SMILES string of the molecule is CCS(=O)(=O)c1ccc(C(CO)NC(=O)c2nn(C(C)(C)C)c(Oc3cnccc3C(F)(F)F)c2C)cc1. The molecule has 3 aromatic rings. The van der Waals surface area contributed by atoms with E-state index >= 15 is 0 Å². The summed E-state index contributed by atoms with van der Waals surface area (Å²) in [6.45, 7) is 7.73. The van der Waals surface area contributed by atoms with E-state index in [-0.39, 0.29) is 27.8 Å². The molecule has 0 spiro atoms. The summed E-state index contributed by atoms with van der Waals surface area (Å²) in [7, 11) is -3.42. The van der Waals surface area contributed by atoms with E-state index in [0.29, 0.717) is 5.56 Å². The number of sulfone groups is 1. The number of hydrogen-bond acceptors (Lipinski definition) is 7. The van der Waals surface area contributed by atoms with Gasteiger partial charge in [0.2, 0.25) is 5.88 Å². The molecule has 1 atom stereocenters. The quantitative estimate of drug-likeness (QED) is 0.423. The van der Waals surface area contributed by atoms with Crippen molar-refractivity contribution < 1.29 is 36.2 Å². The number of ether oxygens (including phenoxy) is 1. The Kier molecular flexibility index (Phi) is 8.22. The fraction of sp³-hybridized carbons (Fsp3) is 0.400. The van der Waals surface area contributed by atoms with Gasteiger partial charge in [0.1, 0.15) is 5.56 Å². The maximum absolute atomic E-state index is 13.5. The molecule has 0 fully saturated rings. The average Bonchev–Trinajstić information content (AvgIpc) is 3.18. The van der Waals surface area contributed by atoms with Gasteiger partial charge < -0.3 is 15.2 Å². The van der Waals surface area contributed by atoms with Crippen LogP contribution in [0.2, 0.25) is 0 Å². The van der Waals surface area contributed by atoms with Gasteiger partial charge in [-0.05, 0) is 51.5 Å². The molecule has 2 heterocycles. The highest BCUT2D eigenvalue weighted by Gasteiger charge is 2.36. The van der Waals surface area contributed by atoms with E-state index in [1.165, 1.54) is 42.8 Å². The van der Waals surface area contributed by atoms with Gasteiger partial charge >= 0.3 is 6.18 Å². The highest BCUT2D eigenvalue weighted by atomic mass is 32.2. The summed E-state index contributed by atoms with van der Waals surface area (Å²) in [6.07, 6.45) is -2.76. The smallest absolute Gasteiger partial charge is 0.420 e. The summed E-state index contributed by atoms with van der Waals surface area (Å²) >= 11 is 0. The van der Waals surface area contributed by atoms with Crippen molar-refractivity contribution in [3.63, 3.8) is 0 Å². The number of carbonyl (C=O) groups excluding carboxylic acids is 1. The van der Waals surface area contributed by atoms with Gasteiger partial charge in [-0.1, -0.05) is 19.1 Å². The molecule has 0 aliphatic heterocycles. The van der Waals surface area contributed by atoms with Crippen LogP contribution in [0.4, 0.5) is 13.2 Å². The van der Waals surface area contributed by atoms with Crippen LogP contribution in [0.25, 0.3) is 0 Å². The number of nitrogens with zero attached hydrogens (tertiary/aromatic N) is 3. The highest BCUT2D eigenvalue weighted by molar-refractivity contribution is 7.91. The Balaban J connectivity index is 1.96. The Morgan fingerprint density at radius 2 is 1.79 bits per heavy atom. The molecule has 0 aliphatic rings. The summed E-state index contributed by atoms with van der Waals surface area (Å²) in [5.74, 6) is -1.40. The lowest BCUT2D eigenvalue weighted by molar-refractivity contribution is -0.138. The highest BCUT2D eigenvalue weighted by Crippen LogP contribution is 2.39. The number of aliphatic hydroxyl groups is 1. The number of hydrogen-bond donors (Lipinski definition) is 2. The number of aromatic nitrogens is 3. The van der Waals surface area contributed by atoms with Crippen molar-refractivity contribution in [1.82, 2.24) is 20.1 Å². The van der Waals surface area contributed by atoms with E-state index in [2.05, 4.69) is 15.4 Å². The van der Waals surface area contributed by atoms with Crippen molar-refractivity contribution in [2.24, 2.45) is 0 Å². The minimum Gasteiger partial charge on any atom is -0.437 e. The van der Waals surface area contributed by atoms with Crippen molar-refractivity contribution in [2.45, 2.75) is 57.3 Å². The minimum atomic E-state index is -4.70. The van der Waals surface area contributed by atoms with E-state index in [1.807, 2.05) is 0 Å². The number of amides is 1. The number of alkyl halides is 3. The van der Waals surface area contributed by atoms with E-state index in [4.69, 9.17) is 4.74 Å². The van der Waals surface area contributed by atoms with Crippen molar-refractivity contribution in [3.05, 3.63) is 65.1 Å². The predicted molar refractivity (Wildman–Crippen MR) is 133 cm³/mol. The zero-order valence-electron chi connectivity index (χ0n) is 21.5. The molecule has 2 N–H and O–H groups in total. The number of nitrogens with one attached hydrogen (secondary N) is 1. The molecule has 1 aromatic carbocycles. The first kappa shape index (κ1) is 29.1. The van der Waals surface area contributed by atoms with Gasteiger partial charge in [-0.15, -0.1) is 0 Å². The van der Waals surface area contributed by atoms with Crippen LogP contribution >= 0.6 is 0 Å². The molecule has 13 heteroatoms. The Bertz CT molecular complexity index is 1410. The van der Waals surface area contributed by atoms with Gasteiger partial charge in [-0.3, -0.25) is 9.78 Å². The third-order valence-corrected chi connectivity index (χ3v) is 7.48. The minimum absolute atomic E-state index is 0.0733. The Hall–Kier alpha value is -3.45. The molecular weight excluding hydrogens is 525 g/mol. The van der Waals surface area contributed by atoms with Crippen LogP contribution < -0.4 is 10.1 Å². The molecule has 38 heavy (non-hydrogen) atoms. The van der Waals surface area contributed by atoms with Crippen LogP contribution in [-0.4, -0.2) is 46.6 Å². The monoisotopic (exact) mass is 554 g/mol. The first-order chi connectivity index (χ1) is 17.6. The standard InChI is InChI=1S/C25H29F3N4O5S/c1-6-38(35,36)17-9-7-16(8-10-17)19(14-33)30-22(34)21-15(2)23(32(31-21)24(3,4)5)37-20-13-29-12-11-18(20)25(26,27)28/h7-13,19,33H,6,14H2,1-5H3,(H,30,34). The lowest BCUT2D eigenvalue weighted by atomic mass is 10.1. The number of benzene rings is 1. The molecule has 0 radical (unpaired) electrons. The van der Waals surface area contributed by atoms with Crippen LogP contribution in [-0.2, 0) is 21.6 Å². The number of rotatable bonds is 8. The fourth-order valence-corrected chi connectivity index (χ4v) is 4.49. The molecule has 0 saturated heterocycles. The lowest BCUT2D eigenvalue weighted by Crippen LogP contribution is -2.32. The molecule has 9 nitrogen and oxygen atoms in total. The van der Waals surface area contributed by atoms with E-state index in [9.17, 15) is 31.5 Å². The number of halogens is 3. The van der Waals surface area contributed by atoms with Gasteiger partial charge in [-0.2, -0.15) is 18.3 Å². The second-order valence-corrected chi connectivity index (χ2v) is 11.8. The molecule has 2 aromatic heterocycles. The normalized spacial score (nSPS) is 13.3. The molecule has 1 amide bonds. The molecular formula is C25H29F3N4O5S. The number of carbonyl (C=O) groups is 1. The third kappa shape index (κ3) is 6.16. The van der Waals surface area contributed by atoms with Gasteiger partial charge in [0, 0.05) is 11.8 Å². The van der Waals surface area contributed by atoms with Crippen molar-refractivity contribution in [1.29, 1.82) is 0 Å². The summed E-state index contributed by atoms with van der Waals surface area (Å²) in [4.78, 5) is 17.1. The first-order valence-corrected chi connectivity index (χ1v) is 13.3. The van der Waals surface area contributed by atoms with E-state index < -0.39 is 51.4 Å². The average molecular weight is 555 g/mol. The molecule has 206 valence electrons. The number of pyridine rings is 1. The Morgan fingerprint density at radius 3 is 2.32 bits per heavy atom. The van der Waals surface area contributed by atoms with Crippen LogP contribution in [0.5, 0.6) is 11.6 Å². The van der Waals surface area contributed by atoms with Crippen molar-refractivity contribution in [3.8, 4) is 11.6 Å². The molecule has 0 aliphatic carbocycles. The Morgan fingerprint density at radius 1 is 1.16 bits per heavy atom. The largest absolute Gasteiger partial charge is 0.437 e. The van der Waals surface area contributed by atoms with Gasteiger partial charge in [-0.25, -0.2) is 13.1 Å². The van der Waals surface area contributed by atoms with Gasteiger partial charge in [0.25, 0.3) is 5.91 Å². The van der Waals surface area contributed by atoms with Crippen molar-refractivity contribution in [2.75, 3.05) is 12.4 Å². The summed E-state index contributed by atoms with van der Waals surface area (Å²) in [5, 5.41) is 16.9. The summed E-state index contributed by atoms with van der Waals surface area (Å²) in [5.41, 5.74) is -1.30. The van der Waals surface area contributed by atoms with Crippen LogP contribution in [0, 0.1) is 6.92 Å². The molecule has 0 bridgehead atoms. The second kappa shape index (κ2) is 10.7. The predicted octanol–water partition coefficient (Wildman–Crippen LogP) is 4.41. The topological polar surface area (TPSA) is 123 Å². The summed E-state index contributed by atoms with van der Waals surface area (Å²) in [6, 6.07) is 5.64. The zero-order chi connectivity index (χ0) is 28.5. The fourth-order valence-electron chi connectivity index (χ4n) is 3.61. The molecule has 0 saturated carbocycles. The molecule has 1 unspecified atom stereocenters. The van der Waals surface area contributed by atoms with Gasteiger partial charge in [0.15, 0.2) is 21.3 Å². The third-order valence-electron chi connectivity index (χ3n) is 5.72. The van der Waals surface area contributed by atoms with E-state index in [0.717, 1.165) is 18.5 Å². The zero-order valence-corrected chi connectivity index (χ0v) is 22.3. The van der Waals surface area contributed by atoms with Crippen LogP contribution in [0.1, 0.15) is 60.9 Å². The lowest BCUT2D eigenvalue weighted by Gasteiger charge is -2.23.